The van der Waals surface area contributed by atoms with Gasteiger partial charge < -0.3 is 5.32 Å². The second kappa shape index (κ2) is 4.01. The molecule has 4 heteroatoms. The van der Waals surface area contributed by atoms with E-state index in [4.69, 9.17) is 0 Å². The molecule has 0 saturated carbocycles. The third-order valence-corrected chi connectivity index (χ3v) is 1.65. The van der Waals surface area contributed by atoms with Crippen molar-refractivity contribution in [2.75, 3.05) is 5.32 Å². The molecule has 1 amide bonds. The number of halogens is 1. The molecule has 0 aliphatic heterocycles. The van der Waals surface area contributed by atoms with Crippen molar-refractivity contribution in [3.63, 3.8) is 0 Å². The van der Waals surface area contributed by atoms with Crippen LogP contribution in [0, 0.1) is 0 Å². The van der Waals surface area contributed by atoms with Crippen LogP contribution >= 0.6 is 15.9 Å². The molecule has 0 fully saturated rings. The number of hydrogen-bond acceptors (Lipinski definition) is 2. The van der Waals surface area contributed by atoms with Crippen molar-refractivity contribution in [2.45, 2.75) is 0 Å². The number of rotatable bonds is 2. The van der Waals surface area contributed by atoms with Crippen LogP contribution in [0.25, 0.3) is 0 Å². The van der Waals surface area contributed by atoms with Gasteiger partial charge >= 0.3 is 0 Å². The third kappa shape index (κ3) is 2.47. The Morgan fingerprint density at radius 3 is 2.92 bits per heavy atom. The van der Waals surface area contributed by atoms with Crippen LogP contribution in [-0.4, -0.2) is 10.9 Å². The van der Waals surface area contributed by atoms with E-state index in [2.05, 4.69) is 32.8 Å². The quantitative estimate of drug-likeness (QED) is 0.619. The van der Waals surface area contributed by atoms with Crippen molar-refractivity contribution in [3.8, 4) is 0 Å². The van der Waals surface area contributed by atoms with E-state index < -0.39 is 0 Å². The Kier molecular flexibility index (Phi) is 2.99. The lowest BCUT2D eigenvalue weighted by Gasteiger charge is -1.99. The number of hydrogen-bond donors (Lipinski definition) is 1. The molecule has 1 N–H and O–H groups in total. The van der Waals surface area contributed by atoms with Crippen molar-refractivity contribution in [3.05, 3.63) is 35.6 Å². The van der Waals surface area contributed by atoms with Gasteiger partial charge in [-0.05, 0) is 34.1 Å². The van der Waals surface area contributed by atoms with Crippen LogP contribution in [0.4, 0.5) is 5.69 Å². The van der Waals surface area contributed by atoms with Crippen LogP contribution in [0.15, 0.2) is 35.6 Å². The summed E-state index contributed by atoms with van der Waals surface area (Å²) in [5.41, 5.74) is 0.656. The average Bonchev–Trinajstić information content (AvgIpc) is 2.09. The molecule has 1 rings (SSSR count). The smallest absolute Gasteiger partial charge is 0.247 e. The van der Waals surface area contributed by atoms with Gasteiger partial charge in [0.25, 0.3) is 0 Å². The van der Waals surface area contributed by atoms with Gasteiger partial charge in [-0.15, -0.1) is 0 Å². The number of aromatic nitrogens is 1. The first kappa shape index (κ1) is 8.93. The van der Waals surface area contributed by atoms with E-state index in [1.807, 2.05) is 0 Å². The predicted molar refractivity (Wildman–Crippen MR) is 50.8 cm³/mol. The van der Waals surface area contributed by atoms with Crippen LogP contribution in [0.5, 0.6) is 0 Å². The normalized spacial score (nSPS) is 9.08. The number of pyridine rings is 1. The maximum absolute atomic E-state index is 10.8. The van der Waals surface area contributed by atoms with Crippen LogP contribution < -0.4 is 5.32 Å². The lowest BCUT2D eigenvalue weighted by Crippen LogP contribution is -2.07. The first-order valence-electron chi connectivity index (χ1n) is 3.27. The molecular formula is C8H7BrN2O. The van der Waals surface area contributed by atoms with Crippen LogP contribution in [-0.2, 0) is 4.79 Å². The predicted octanol–water partition coefficient (Wildman–Crippen LogP) is 1.97. The number of nitrogens with one attached hydrogen (secondary N) is 1. The minimum absolute atomic E-state index is 0.237. The summed E-state index contributed by atoms with van der Waals surface area (Å²) in [6, 6.07) is 3.50. The van der Waals surface area contributed by atoms with E-state index in [0.29, 0.717) is 5.69 Å². The van der Waals surface area contributed by atoms with Gasteiger partial charge in [-0.2, -0.15) is 0 Å². The molecule has 0 unspecified atom stereocenters. The average molecular weight is 227 g/mol. The zero-order valence-electron chi connectivity index (χ0n) is 6.25. The van der Waals surface area contributed by atoms with Gasteiger partial charge in [-0.3, -0.25) is 4.79 Å². The zero-order chi connectivity index (χ0) is 8.97. The van der Waals surface area contributed by atoms with Crippen LogP contribution in [0.3, 0.4) is 0 Å². The lowest BCUT2D eigenvalue weighted by atomic mass is 10.4. The molecule has 0 spiro atoms. The maximum Gasteiger partial charge on any atom is 0.247 e. The molecule has 0 aromatic carbocycles. The highest BCUT2D eigenvalue weighted by Gasteiger charge is 1.95. The maximum atomic E-state index is 10.8. The molecule has 0 bridgehead atoms. The largest absolute Gasteiger partial charge is 0.321 e. The highest BCUT2D eigenvalue weighted by atomic mass is 79.9. The van der Waals surface area contributed by atoms with Gasteiger partial charge in [0.1, 0.15) is 4.60 Å². The van der Waals surface area contributed by atoms with Crippen molar-refractivity contribution in [2.24, 2.45) is 0 Å². The van der Waals surface area contributed by atoms with Crippen LogP contribution in [0.1, 0.15) is 0 Å². The summed E-state index contributed by atoms with van der Waals surface area (Å²) in [6.07, 6.45) is 2.77. The summed E-state index contributed by atoms with van der Waals surface area (Å²) < 4.78 is 0.735. The van der Waals surface area contributed by atoms with Gasteiger partial charge in [0.05, 0.1) is 11.9 Å². The van der Waals surface area contributed by atoms with Crippen molar-refractivity contribution in [1.29, 1.82) is 0 Å². The highest BCUT2D eigenvalue weighted by molar-refractivity contribution is 9.10. The van der Waals surface area contributed by atoms with E-state index >= 15 is 0 Å². The minimum Gasteiger partial charge on any atom is -0.321 e. The molecule has 12 heavy (non-hydrogen) atoms. The topological polar surface area (TPSA) is 42.0 Å². The van der Waals surface area contributed by atoms with Gasteiger partial charge in [-0.1, -0.05) is 6.58 Å². The fourth-order valence-electron chi connectivity index (χ4n) is 0.643. The Bertz CT molecular complexity index is 294. The molecule has 3 nitrogen and oxygen atoms in total. The molecule has 0 saturated heterocycles. The van der Waals surface area contributed by atoms with E-state index in [0.717, 1.165) is 4.60 Å². The molecule has 1 heterocycles. The minimum atomic E-state index is -0.237. The Morgan fingerprint density at radius 1 is 1.67 bits per heavy atom. The standard InChI is InChI=1S/C8H7BrN2O/c1-2-8(12)11-6-3-4-7(9)10-5-6/h2-5H,1H2,(H,11,12). The summed E-state index contributed by atoms with van der Waals surface area (Å²) in [5, 5.41) is 2.58. The summed E-state index contributed by atoms with van der Waals surface area (Å²) in [4.78, 5) is 14.7. The number of carbonyl (C=O) groups is 1. The second-order valence-corrected chi connectivity index (χ2v) is 2.88. The van der Waals surface area contributed by atoms with E-state index in [1.54, 1.807) is 18.3 Å². The molecule has 1 aromatic rings. The molecule has 1 aromatic heterocycles. The summed E-state index contributed by atoms with van der Waals surface area (Å²) in [5.74, 6) is -0.237. The Morgan fingerprint density at radius 2 is 2.42 bits per heavy atom. The van der Waals surface area contributed by atoms with E-state index in [-0.39, 0.29) is 5.91 Å². The van der Waals surface area contributed by atoms with Crippen molar-refractivity contribution < 1.29 is 4.79 Å². The van der Waals surface area contributed by atoms with E-state index in [9.17, 15) is 4.79 Å². The summed E-state index contributed by atoms with van der Waals surface area (Å²) in [6.45, 7) is 3.33. The van der Waals surface area contributed by atoms with E-state index in [1.165, 1.54) is 6.08 Å². The Hall–Kier alpha value is -1.16. The fourth-order valence-corrected chi connectivity index (χ4v) is 0.878. The third-order valence-electron chi connectivity index (χ3n) is 1.18. The Balaban J connectivity index is 2.71. The van der Waals surface area contributed by atoms with Crippen molar-refractivity contribution >= 4 is 27.5 Å². The van der Waals surface area contributed by atoms with Gasteiger partial charge in [0.2, 0.25) is 5.91 Å². The number of amides is 1. The molecule has 0 aliphatic rings. The summed E-state index contributed by atoms with van der Waals surface area (Å²) >= 11 is 3.18. The first-order chi connectivity index (χ1) is 5.72. The SMILES string of the molecule is C=CC(=O)Nc1ccc(Br)nc1. The Labute approximate surface area is 78.6 Å². The summed E-state index contributed by atoms with van der Waals surface area (Å²) in [7, 11) is 0. The first-order valence-corrected chi connectivity index (χ1v) is 4.06. The number of anilines is 1. The fraction of sp³-hybridized carbons (Fsp3) is 0. The van der Waals surface area contributed by atoms with Gasteiger partial charge in [0.15, 0.2) is 0 Å². The molecule has 0 atom stereocenters. The monoisotopic (exact) mass is 226 g/mol. The second-order valence-electron chi connectivity index (χ2n) is 2.06. The molecule has 0 radical (unpaired) electrons. The van der Waals surface area contributed by atoms with Crippen molar-refractivity contribution in [1.82, 2.24) is 4.98 Å². The number of carbonyl (C=O) groups excluding carboxylic acids is 1. The zero-order valence-corrected chi connectivity index (χ0v) is 7.84. The van der Waals surface area contributed by atoms with Crippen LogP contribution in [0.2, 0.25) is 0 Å². The van der Waals surface area contributed by atoms with Gasteiger partial charge in [-0.25, -0.2) is 4.98 Å². The molecule has 0 aliphatic carbocycles. The van der Waals surface area contributed by atoms with Gasteiger partial charge in [0, 0.05) is 0 Å². The highest BCUT2D eigenvalue weighted by Crippen LogP contribution is 2.09. The molecular weight excluding hydrogens is 220 g/mol. The molecule has 62 valence electrons. The lowest BCUT2D eigenvalue weighted by molar-refractivity contribution is -0.111. The number of nitrogens with zero attached hydrogens (tertiary/aromatic N) is 1.